The first kappa shape index (κ1) is 22.5. The van der Waals surface area contributed by atoms with Gasteiger partial charge < -0.3 is 19.3 Å². The standard InChI is InChI=1S/C20H24BN3O4S2/c1-6-28-19(26)17-15(10-30(27)20-22-11(2)9-29-20)24(5)14-7-13(21)18(25)12(16(14)17)8-23(3)4/h7,9,25H,6,8,10H2,1-5H3. The van der Waals surface area contributed by atoms with Crippen LogP contribution in [0, 0.1) is 6.92 Å². The van der Waals surface area contributed by atoms with Crippen LogP contribution in [-0.4, -0.2) is 58.3 Å². The highest BCUT2D eigenvalue weighted by atomic mass is 32.2. The van der Waals surface area contributed by atoms with Crippen molar-refractivity contribution in [1.29, 1.82) is 0 Å². The average Bonchev–Trinajstić information content (AvgIpc) is 3.22. The zero-order valence-electron chi connectivity index (χ0n) is 17.7. The number of hydrogen-bond acceptors (Lipinski definition) is 7. The Kier molecular flexibility index (Phi) is 6.69. The first-order chi connectivity index (χ1) is 14.1. The van der Waals surface area contributed by atoms with Gasteiger partial charge in [-0.2, -0.15) is 0 Å². The number of rotatable bonds is 7. The van der Waals surface area contributed by atoms with E-state index in [-0.39, 0.29) is 23.6 Å². The molecule has 1 aromatic carbocycles. The predicted octanol–water partition coefficient (Wildman–Crippen LogP) is 1.99. The highest BCUT2D eigenvalue weighted by Crippen LogP contribution is 2.35. The van der Waals surface area contributed by atoms with Crippen molar-refractivity contribution >= 4 is 52.3 Å². The molecule has 0 amide bonds. The second-order valence-corrected chi connectivity index (χ2v) is 9.75. The van der Waals surface area contributed by atoms with Gasteiger partial charge in [-0.25, -0.2) is 9.78 Å². The van der Waals surface area contributed by atoms with Crippen LogP contribution >= 0.6 is 11.3 Å². The molecule has 1 atom stereocenters. The van der Waals surface area contributed by atoms with E-state index in [1.807, 2.05) is 31.3 Å². The summed E-state index contributed by atoms with van der Waals surface area (Å²) in [4.78, 5) is 19.2. The third-order valence-corrected chi connectivity index (χ3v) is 7.34. The highest BCUT2D eigenvalue weighted by molar-refractivity contribution is 7.86. The maximum atomic E-state index is 13.0. The topological polar surface area (TPSA) is 84.7 Å². The van der Waals surface area contributed by atoms with Gasteiger partial charge in [0.1, 0.15) is 13.6 Å². The van der Waals surface area contributed by atoms with E-state index in [0.717, 1.165) is 5.69 Å². The van der Waals surface area contributed by atoms with E-state index < -0.39 is 16.8 Å². The van der Waals surface area contributed by atoms with E-state index in [9.17, 15) is 14.1 Å². The van der Waals surface area contributed by atoms with E-state index in [2.05, 4.69) is 4.98 Å². The molecule has 1 unspecified atom stereocenters. The SMILES string of the molecule is [B]c1cc2c(c(CN(C)C)c1O)c(C(=O)OCC)c(CS(=O)c1nc(C)cs1)n2C. The molecule has 2 aromatic heterocycles. The number of aromatic hydroxyl groups is 1. The lowest BCUT2D eigenvalue weighted by Gasteiger charge is -2.15. The summed E-state index contributed by atoms with van der Waals surface area (Å²) in [5.41, 5.74) is 3.10. The molecule has 0 saturated heterocycles. The van der Waals surface area contributed by atoms with Crippen LogP contribution in [0.25, 0.3) is 10.9 Å². The molecule has 0 aliphatic carbocycles. The minimum atomic E-state index is -1.43. The minimum absolute atomic E-state index is 0.0597. The summed E-state index contributed by atoms with van der Waals surface area (Å²) >= 11 is 1.33. The van der Waals surface area contributed by atoms with Gasteiger partial charge in [0.05, 0.1) is 28.7 Å². The molecule has 7 nitrogen and oxygen atoms in total. The first-order valence-electron chi connectivity index (χ1n) is 9.39. The monoisotopic (exact) mass is 445 g/mol. The van der Waals surface area contributed by atoms with Crippen molar-refractivity contribution in [1.82, 2.24) is 14.5 Å². The smallest absolute Gasteiger partial charge is 0.340 e. The second kappa shape index (κ2) is 8.91. The number of aromatic nitrogens is 2. The number of carbonyl (C=O) groups is 1. The average molecular weight is 445 g/mol. The Bertz CT molecular complexity index is 1140. The summed E-state index contributed by atoms with van der Waals surface area (Å²) in [5.74, 6) is -0.487. The number of fused-ring (bicyclic) bond motifs is 1. The van der Waals surface area contributed by atoms with Crippen LogP contribution in [0.4, 0.5) is 0 Å². The molecule has 2 radical (unpaired) electrons. The van der Waals surface area contributed by atoms with E-state index in [4.69, 9.17) is 12.6 Å². The largest absolute Gasteiger partial charge is 0.508 e. The molecule has 2 heterocycles. The summed E-state index contributed by atoms with van der Waals surface area (Å²) in [6.07, 6.45) is 0. The maximum Gasteiger partial charge on any atom is 0.340 e. The lowest BCUT2D eigenvalue weighted by atomic mass is 9.89. The van der Waals surface area contributed by atoms with Gasteiger partial charge in [-0.05, 0) is 34.0 Å². The van der Waals surface area contributed by atoms with E-state index >= 15 is 0 Å². The van der Waals surface area contributed by atoms with Crippen molar-refractivity contribution in [2.24, 2.45) is 7.05 Å². The summed E-state index contributed by atoms with van der Waals surface area (Å²) in [6.45, 7) is 4.15. The Morgan fingerprint density at radius 1 is 1.43 bits per heavy atom. The molecule has 0 spiro atoms. The summed E-state index contributed by atoms with van der Waals surface area (Å²) in [6, 6.07) is 1.63. The second-order valence-electron chi connectivity index (χ2n) is 7.27. The van der Waals surface area contributed by atoms with Crippen LogP contribution in [-0.2, 0) is 34.9 Å². The molecule has 3 rings (SSSR count). The molecule has 10 heteroatoms. The Morgan fingerprint density at radius 3 is 2.70 bits per heavy atom. The number of aryl methyl sites for hydroxylation is 2. The zero-order valence-corrected chi connectivity index (χ0v) is 19.3. The molecule has 0 aliphatic rings. The molecule has 1 N–H and O–H groups in total. The third-order valence-electron chi connectivity index (χ3n) is 4.73. The van der Waals surface area contributed by atoms with Gasteiger partial charge in [0, 0.05) is 46.8 Å². The molecule has 3 aromatic rings. The molecule has 0 bridgehead atoms. The summed E-state index contributed by atoms with van der Waals surface area (Å²) in [7, 11) is 10.1. The number of ether oxygens (including phenoxy) is 1. The number of thiazole rings is 1. The minimum Gasteiger partial charge on any atom is -0.508 e. The van der Waals surface area contributed by atoms with Crippen LogP contribution < -0.4 is 5.46 Å². The van der Waals surface area contributed by atoms with Gasteiger partial charge in [-0.3, -0.25) is 4.21 Å². The fourth-order valence-corrected chi connectivity index (χ4v) is 5.65. The van der Waals surface area contributed by atoms with Crippen molar-refractivity contribution < 1.29 is 18.8 Å². The van der Waals surface area contributed by atoms with E-state index in [0.29, 0.717) is 38.6 Å². The lowest BCUT2D eigenvalue weighted by molar-refractivity contribution is 0.0527. The molecular weight excluding hydrogens is 421 g/mol. The van der Waals surface area contributed by atoms with Crippen LogP contribution in [0.3, 0.4) is 0 Å². The molecule has 0 fully saturated rings. The highest BCUT2D eigenvalue weighted by Gasteiger charge is 2.28. The molecule has 158 valence electrons. The van der Waals surface area contributed by atoms with Crippen LogP contribution in [0.2, 0.25) is 0 Å². The Hall–Kier alpha value is -2.17. The Morgan fingerprint density at radius 2 is 2.13 bits per heavy atom. The number of phenolic OH excluding ortho intramolecular Hbond substituents is 1. The first-order valence-corrected chi connectivity index (χ1v) is 11.6. The van der Waals surface area contributed by atoms with Crippen LogP contribution in [0.15, 0.2) is 15.8 Å². The van der Waals surface area contributed by atoms with Gasteiger partial charge in [0.2, 0.25) is 0 Å². The number of carbonyl (C=O) groups excluding carboxylic acids is 1. The lowest BCUT2D eigenvalue weighted by Crippen LogP contribution is -2.16. The molecule has 0 saturated carbocycles. The van der Waals surface area contributed by atoms with E-state index in [1.165, 1.54) is 11.3 Å². The van der Waals surface area contributed by atoms with Gasteiger partial charge in [-0.15, -0.1) is 11.3 Å². The van der Waals surface area contributed by atoms with Crippen molar-refractivity contribution in [3.63, 3.8) is 0 Å². The van der Waals surface area contributed by atoms with Crippen LogP contribution in [0.5, 0.6) is 5.75 Å². The van der Waals surface area contributed by atoms with Crippen molar-refractivity contribution in [3.05, 3.63) is 34.0 Å². The summed E-state index contributed by atoms with van der Waals surface area (Å²) in [5, 5.41) is 13.1. The quantitative estimate of drug-likeness (QED) is 0.442. The zero-order chi connectivity index (χ0) is 22.2. The fraction of sp³-hybridized carbons (Fsp3) is 0.400. The number of esters is 1. The molecule has 30 heavy (non-hydrogen) atoms. The van der Waals surface area contributed by atoms with Gasteiger partial charge >= 0.3 is 5.97 Å². The van der Waals surface area contributed by atoms with Crippen molar-refractivity contribution in [3.8, 4) is 5.75 Å². The Balaban J connectivity index is 2.27. The molecular formula is C20H24BN3O4S2. The van der Waals surface area contributed by atoms with Gasteiger partial charge in [0.25, 0.3) is 0 Å². The number of nitrogens with zero attached hydrogens (tertiary/aromatic N) is 3. The summed E-state index contributed by atoms with van der Waals surface area (Å²) < 4.78 is 20.6. The van der Waals surface area contributed by atoms with E-state index in [1.54, 1.807) is 24.6 Å². The number of hydrogen-bond donors (Lipinski definition) is 1. The number of benzene rings is 1. The predicted molar refractivity (Wildman–Crippen MR) is 120 cm³/mol. The van der Waals surface area contributed by atoms with Crippen molar-refractivity contribution in [2.75, 3.05) is 20.7 Å². The fourth-order valence-electron chi connectivity index (χ4n) is 3.42. The Labute approximate surface area is 183 Å². The maximum absolute atomic E-state index is 13.0. The van der Waals surface area contributed by atoms with Crippen LogP contribution in [0.1, 0.15) is 34.2 Å². The van der Waals surface area contributed by atoms with Crippen molar-refractivity contribution in [2.45, 2.75) is 30.5 Å². The normalized spacial score (nSPS) is 12.6. The molecule has 0 aliphatic heterocycles. The van der Waals surface area contributed by atoms with Gasteiger partial charge in [-0.1, -0.05) is 5.46 Å². The third kappa shape index (κ3) is 4.17. The number of phenols is 1. The van der Waals surface area contributed by atoms with Gasteiger partial charge in [0.15, 0.2) is 4.34 Å².